The number of pyridine rings is 1. The maximum atomic E-state index is 5.90. The van der Waals surface area contributed by atoms with E-state index in [-0.39, 0.29) is 0 Å². The molecule has 5 nitrogen and oxygen atoms in total. The van der Waals surface area contributed by atoms with Gasteiger partial charge < -0.3 is 10.3 Å². The monoisotopic (exact) mass is 385 g/mol. The van der Waals surface area contributed by atoms with Crippen molar-refractivity contribution >= 4 is 27.8 Å². The summed E-state index contributed by atoms with van der Waals surface area (Å²) in [5.74, 6) is 1.35. The summed E-state index contributed by atoms with van der Waals surface area (Å²) in [4.78, 5) is 13.2. The van der Waals surface area contributed by atoms with Crippen LogP contribution in [0.4, 0.5) is 5.82 Å². The fourth-order valence-electron chi connectivity index (χ4n) is 4.96. The highest BCUT2D eigenvalue weighted by atomic mass is 15.1. The average Bonchev–Trinajstić information content (AvgIpc) is 3.38. The SMILES string of the molecule is CCc1cc2ccc(N)nc2cc1CCC1CCC(n2ccc3cncnc32)C1. The Balaban J connectivity index is 1.31. The summed E-state index contributed by atoms with van der Waals surface area (Å²) >= 11 is 0. The molecule has 0 bridgehead atoms. The second-order valence-electron chi connectivity index (χ2n) is 8.30. The second-order valence-corrected chi connectivity index (χ2v) is 8.30. The van der Waals surface area contributed by atoms with Gasteiger partial charge in [0.05, 0.1) is 5.52 Å². The minimum atomic E-state index is 0.552. The summed E-state index contributed by atoms with van der Waals surface area (Å²) in [5, 5.41) is 2.31. The average molecular weight is 386 g/mol. The van der Waals surface area contributed by atoms with E-state index in [1.165, 1.54) is 42.2 Å². The normalized spacial score (nSPS) is 19.3. The van der Waals surface area contributed by atoms with Crippen LogP contribution in [0, 0.1) is 5.92 Å². The molecule has 0 spiro atoms. The topological polar surface area (TPSA) is 69.6 Å². The van der Waals surface area contributed by atoms with Gasteiger partial charge >= 0.3 is 0 Å². The maximum Gasteiger partial charge on any atom is 0.143 e. The first kappa shape index (κ1) is 18.1. The molecule has 29 heavy (non-hydrogen) atoms. The van der Waals surface area contributed by atoms with Crippen LogP contribution in [-0.4, -0.2) is 19.5 Å². The number of benzene rings is 1. The summed E-state index contributed by atoms with van der Waals surface area (Å²) in [6, 6.07) is 11.2. The molecule has 1 aliphatic rings. The summed E-state index contributed by atoms with van der Waals surface area (Å²) in [6.07, 6.45) is 12.9. The molecule has 2 atom stereocenters. The zero-order chi connectivity index (χ0) is 19.8. The smallest absolute Gasteiger partial charge is 0.143 e. The zero-order valence-corrected chi connectivity index (χ0v) is 16.9. The van der Waals surface area contributed by atoms with Crippen LogP contribution in [0.5, 0.6) is 0 Å². The zero-order valence-electron chi connectivity index (χ0n) is 16.9. The van der Waals surface area contributed by atoms with Crippen LogP contribution < -0.4 is 5.73 Å². The number of aromatic nitrogens is 4. The van der Waals surface area contributed by atoms with Crippen molar-refractivity contribution in [3.8, 4) is 0 Å². The molecule has 0 aliphatic heterocycles. The van der Waals surface area contributed by atoms with E-state index in [2.05, 4.69) is 56.9 Å². The van der Waals surface area contributed by atoms with Crippen LogP contribution in [0.2, 0.25) is 0 Å². The third kappa shape index (κ3) is 3.46. The Morgan fingerprint density at radius 1 is 1.10 bits per heavy atom. The van der Waals surface area contributed by atoms with E-state index in [9.17, 15) is 0 Å². The number of aryl methyl sites for hydroxylation is 2. The maximum absolute atomic E-state index is 5.90. The van der Waals surface area contributed by atoms with Crippen LogP contribution in [0.15, 0.2) is 49.1 Å². The van der Waals surface area contributed by atoms with Gasteiger partial charge in [0.1, 0.15) is 17.8 Å². The van der Waals surface area contributed by atoms with Crippen LogP contribution >= 0.6 is 0 Å². The lowest BCUT2D eigenvalue weighted by atomic mass is 9.93. The number of fused-ring (bicyclic) bond motifs is 2. The lowest BCUT2D eigenvalue weighted by Crippen LogP contribution is -2.06. The molecule has 3 aromatic heterocycles. The molecule has 1 aromatic carbocycles. The molecule has 0 saturated heterocycles. The van der Waals surface area contributed by atoms with Crippen molar-refractivity contribution in [3.63, 3.8) is 0 Å². The predicted molar refractivity (Wildman–Crippen MR) is 118 cm³/mol. The number of anilines is 1. The third-order valence-electron chi connectivity index (χ3n) is 6.52. The molecule has 1 saturated carbocycles. The fraction of sp³-hybridized carbons (Fsp3) is 0.375. The van der Waals surface area contributed by atoms with Crippen molar-refractivity contribution in [2.45, 2.75) is 51.5 Å². The summed E-state index contributed by atoms with van der Waals surface area (Å²) in [7, 11) is 0. The highest BCUT2D eigenvalue weighted by Gasteiger charge is 2.26. The number of rotatable bonds is 5. The lowest BCUT2D eigenvalue weighted by molar-refractivity contribution is 0.461. The van der Waals surface area contributed by atoms with E-state index < -0.39 is 0 Å². The van der Waals surface area contributed by atoms with Gasteiger partial charge in [0.25, 0.3) is 0 Å². The second kappa shape index (κ2) is 7.47. The minimum Gasteiger partial charge on any atom is -0.384 e. The Hall–Kier alpha value is -2.95. The Labute approximate surface area is 171 Å². The van der Waals surface area contributed by atoms with Gasteiger partial charge in [-0.2, -0.15) is 0 Å². The van der Waals surface area contributed by atoms with Crippen molar-refractivity contribution in [2.75, 3.05) is 5.73 Å². The third-order valence-corrected chi connectivity index (χ3v) is 6.52. The van der Waals surface area contributed by atoms with Crippen molar-refractivity contribution in [3.05, 3.63) is 60.2 Å². The van der Waals surface area contributed by atoms with Crippen molar-refractivity contribution < 1.29 is 0 Å². The van der Waals surface area contributed by atoms with E-state index in [1.807, 2.05) is 12.3 Å². The van der Waals surface area contributed by atoms with Gasteiger partial charge in [-0.05, 0) is 85.9 Å². The van der Waals surface area contributed by atoms with E-state index >= 15 is 0 Å². The Kier molecular flexibility index (Phi) is 4.66. The molecule has 1 fully saturated rings. The summed E-state index contributed by atoms with van der Waals surface area (Å²) < 4.78 is 2.36. The molecule has 148 valence electrons. The molecule has 0 radical (unpaired) electrons. The minimum absolute atomic E-state index is 0.552. The van der Waals surface area contributed by atoms with Crippen LogP contribution in [-0.2, 0) is 12.8 Å². The largest absolute Gasteiger partial charge is 0.384 e. The first-order valence-corrected chi connectivity index (χ1v) is 10.7. The molecule has 5 rings (SSSR count). The molecule has 4 aromatic rings. The van der Waals surface area contributed by atoms with Gasteiger partial charge in [0.15, 0.2) is 0 Å². The van der Waals surface area contributed by atoms with Crippen LogP contribution in [0.3, 0.4) is 0 Å². The van der Waals surface area contributed by atoms with Gasteiger partial charge in [0.2, 0.25) is 0 Å². The van der Waals surface area contributed by atoms with E-state index in [4.69, 9.17) is 5.73 Å². The molecule has 0 amide bonds. The van der Waals surface area contributed by atoms with Gasteiger partial charge in [-0.25, -0.2) is 15.0 Å². The molecule has 2 unspecified atom stereocenters. The number of hydrogen-bond acceptors (Lipinski definition) is 4. The molecule has 5 heteroatoms. The summed E-state index contributed by atoms with van der Waals surface area (Å²) in [6.45, 7) is 2.24. The Bertz CT molecular complexity index is 1160. The lowest BCUT2D eigenvalue weighted by Gasteiger charge is -2.15. The number of nitrogens with zero attached hydrogens (tertiary/aromatic N) is 4. The molecule has 3 heterocycles. The first-order valence-electron chi connectivity index (χ1n) is 10.7. The predicted octanol–water partition coefficient (Wildman–Crippen LogP) is 5.10. The first-order chi connectivity index (χ1) is 14.2. The van der Waals surface area contributed by atoms with E-state index in [0.29, 0.717) is 11.9 Å². The highest BCUT2D eigenvalue weighted by Crippen LogP contribution is 2.38. The number of nitrogen functional groups attached to an aromatic ring is 1. The van der Waals surface area contributed by atoms with E-state index in [1.54, 1.807) is 6.33 Å². The molecular formula is C24H27N5. The highest BCUT2D eigenvalue weighted by molar-refractivity contribution is 5.81. The van der Waals surface area contributed by atoms with Crippen molar-refractivity contribution in [1.29, 1.82) is 0 Å². The standard InChI is InChI=1S/C24H27N5/c1-2-17-12-19-6-8-23(25)28-22(19)13-18(17)5-3-16-4-7-21(11-16)29-10-9-20-14-26-15-27-24(20)29/h6,8-10,12-16,21H,2-5,7,11H2,1H3,(H2,25,28). The van der Waals surface area contributed by atoms with Crippen molar-refractivity contribution in [2.24, 2.45) is 5.92 Å². The van der Waals surface area contributed by atoms with Crippen LogP contribution in [0.1, 0.15) is 49.8 Å². The molecule has 2 N–H and O–H groups in total. The fourth-order valence-corrected chi connectivity index (χ4v) is 4.96. The van der Waals surface area contributed by atoms with E-state index in [0.717, 1.165) is 35.3 Å². The van der Waals surface area contributed by atoms with Crippen LogP contribution in [0.25, 0.3) is 21.9 Å². The van der Waals surface area contributed by atoms with Gasteiger partial charge in [-0.3, -0.25) is 0 Å². The van der Waals surface area contributed by atoms with Gasteiger partial charge in [0, 0.05) is 29.2 Å². The number of nitrogens with two attached hydrogens (primary N) is 1. The van der Waals surface area contributed by atoms with Gasteiger partial charge in [-0.1, -0.05) is 6.92 Å². The Morgan fingerprint density at radius 3 is 2.93 bits per heavy atom. The van der Waals surface area contributed by atoms with Crippen molar-refractivity contribution in [1.82, 2.24) is 19.5 Å². The summed E-state index contributed by atoms with van der Waals surface area (Å²) in [5.41, 5.74) is 10.8. The van der Waals surface area contributed by atoms with Gasteiger partial charge in [-0.15, -0.1) is 0 Å². The number of hydrogen-bond donors (Lipinski definition) is 1. The quantitative estimate of drug-likeness (QED) is 0.519. The molecular weight excluding hydrogens is 358 g/mol. The molecule has 1 aliphatic carbocycles. The Morgan fingerprint density at radius 2 is 2.03 bits per heavy atom.